The van der Waals surface area contributed by atoms with Gasteiger partial charge in [0.1, 0.15) is 0 Å². The number of urea groups is 1. The van der Waals surface area contributed by atoms with Crippen molar-refractivity contribution >= 4 is 39.2 Å². The molecule has 1 atom stereocenters. The number of nitrogens with one attached hydrogen (secondary N) is 2. The lowest BCUT2D eigenvalue weighted by atomic mass is 10.2. The number of rotatable bonds is 5. The lowest BCUT2D eigenvalue weighted by Crippen LogP contribution is -2.36. The van der Waals surface area contributed by atoms with Crippen molar-refractivity contribution in [3.05, 3.63) is 21.9 Å². The van der Waals surface area contributed by atoms with Gasteiger partial charge in [-0.1, -0.05) is 11.6 Å². The summed E-state index contributed by atoms with van der Waals surface area (Å²) in [6.45, 7) is 1.99. The van der Waals surface area contributed by atoms with Gasteiger partial charge >= 0.3 is 6.03 Å². The Hall–Kier alpha value is -0.850. The Balaban J connectivity index is 2.52. The molecule has 0 saturated carbocycles. The average Bonchev–Trinajstić information content (AvgIpc) is 2.32. The number of aliphatic hydroxyl groups excluding tert-OH is 1. The van der Waals surface area contributed by atoms with Crippen LogP contribution in [0.25, 0.3) is 0 Å². The molecule has 0 saturated heterocycles. The van der Waals surface area contributed by atoms with Crippen LogP contribution in [0.5, 0.6) is 0 Å². The second-order valence-electron chi connectivity index (χ2n) is 3.85. The van der Waals surface area contributed by atoms with E-state index in [-0.39, 0.29) is 18.7 Å². The van der Waals surface area contributed by atoms with E-state index in [1.165, 1.54) is 6.20 Å². The number of amides is 2. The van der Waals surface area contributed by atoms with Crippen LogP contribution in [0.3, 0.4) is 0 Å². The number of aliphatic hydroxyl groups is 1. The lowest BCUT2D eigenvalue weighted by molar-refractivity contribution is 0.245. The number of hydrogen-bond donors (Lipinski definition) is 3. The number of pyridine rings is 1. The van der Waals surface area contributed by atoms with Gasteiger partial charge < -0.3 is 15.7 Å². The molecule has 1 rings (SSSR count). The van der Waals surface area contributed by atoms with E-state index >= 15 is 0 Å². The monoisotopic (exact) mass is 335 g/mol. The summed E-state index contributed by atoms with van der Waals surface area (Å²) in [5.41, 5.74) is 0.442. The third-order valence-electron chi connectivity index (χ3n) is 2.26. The molecule has 100 valence electrons. The van der Waals surface area contributed by atoms with Crippen LogP contribution in [0.2, 0.25) is 5.02 Å². The largest absolute Gasteiger partial charge is 0.396 e. The molecule has 0 aliphatic rings. The van der Waals surface area contributed by atoms with E-state index in [9.17, 15) is 4.79 Å². The predicted octanol–water partition coefficient (Wildman–Crippen LogP) is 2.78. The van der Waals surface area contributed by atoms with Crippen molar-refractivity contribution in [3.63, 3.8) is 0 Å². The molecule has 18 heavy (non-hydrogen) atoms. The number of anilines is 1. The minimum Gasteiger partial charge on any atom is -0.396 e. The third kappa shape index (κ3) is 4.80. The molecule has 0 aliphatic carbocycles. The summed E-state index contributed by atoms with van der Waals surface area (Å²) in [4.78, 5) is 15.6. The highest BCUT2D eigenvalue weighted by Crippen LogP contribution is 2.28. The maximum absolute atomic E-state index is 11.7. The molecule has 0 radical (unpaired) electrons. The van der Waals surface area contributed by atoms with Gasteiger partial charge in [-0.2, -0.15) is 0 Å². The highest BCUT2D eigenvalue weighted by molar-refractivity contribution is 9.10. The van der Waals surface area contributed by atoms with Gasteiger partial charge in [-0.05, 0) is 35.7 Å². The Kier molecular flexibility index (Phi) is 6.38. The Morgan fingerprint density at radius 2 is 2.33 bits per heavy atom. The fourth-order valence-electron chi connectivity index (χ4n) is 1.36. The van der Waals surface area contributed by atoms with E-state index in [4.69, 9.17) is 16.7 Å². The Morgan fingerprint density at radius 3 is 3.00 bits per heavy atom. The van der Waals surface area contributed by atoms with Crippen LogP contribution >= 0.6 is 27.5 Å². The predicted molar refractivity (Wildman–Crippen MR) is 74.9 cm³/mol. The van der Waals surface area contributed by atoms with Crippen molar-refractivity contribution in [2.45, 2.75) is 25.8 Å². The maximum atomic E-state index is 11.7. The Bertz CT molecular complexity index is 417. The van der Waals surface area contributed by atoms with Crippen molar-refractivity contribution in [2.75, 3.05) is 11.9 Å². The molecule has 7 heteroatoms. The van der Waals surface area contributed by atoms with Crippen LogP contribution in [0.15, 0.2) is 16.9 Å². The van der Waals surface area contributed by atoms with Gasteiger partial charge in [0.15, 0.2) is 0 Å². The first kappa shape index (κ1) is 15.2. The minimum atomic E-state index is -0.345. The molecular formula is C11H15BrClN3O2. The number of hydrogen-bond acceptors (Lipinski definition) is 3. The average molecular weight is 337 g/mol. The van der Waals surface area contributed by atoms with E-state index in [1.807, 2.05) is 6.92 Å². The summed E-state index contributed by atoms with van der Waals surface area (Å²) < 4.78 is 0.621. The van der Waals surface area contributed by atoms with Gasteiger partial charge in [0, 0.05) is 18.8 Å². The summed E-state index contributed by atoms with van der Waals surface area (Å²) in [7, 11) is 0. The molecule has 0 aliphatic heterocycles. The molecule has 0 aromatic carbocycles. The molecule has 1 aromatic heterocycles. The fourth-order valence-corrected chi connectivity index (χ4v) is 1.83. The highest BCUT2D eigenvalue weighted by Gasteiger charge is 2.10. The van der Waals surface area contributed by atoms with Crippen LogP contribution in [0, 0.1) is 0 Å². The van der Waals surface area contributed by atoms with Crippen LogP contribution in [0.4, 0.5) is 10.5 Å². The summed E-state index contributed by atoms with van der Waals surface area (Å²) in [6, 6.07) is -0.363. The lowest BCUT2D eigenvalue weighted by Gasteiger charge is -2.14. The van der Waals surface area contributed by atoms with Crippen molar-refractivity contribution in [3.8, 4) is 0 Å². The highest BCUT2D eigenvalue weighted by atomic mass is 79.9. The molecule has 3 N–H and O–H groups in total. The number of carbonyl (C=O) groups excluding carboxylic acids is 1. The first-order chi connectivity index (χ1) is 8.54. The zero-order valence-electron chi connectivity index (χ0n) is 9.91. The zero-order chi connectivity index (χ0) is 13.5. The van der Waals surface area contributed by atoms with Crippen molar-refractivity contribution in [1.82, 2.24) is 10.3 Å². The van der Waals surface area contributed by atoms with Crippen molar-refractivity contribution in [2.24, 2.45) is 0 Å². The quantitative estimate of drug-likeness (QED) is 0.774. The van der Waals surface area contributed by atoms with Gasteiger partial charge in [-0.3, -0.25) is 4.98 Å². The molecule has 1 unspecified atom stereocenters. The third-order valence-corrected chi connectivity index (χ3v) is 3.50. The van der Waals surface area contributed by atoms with Gasteiger partial charge in [-0.15, -0.1) is 0 Å². The summed E-state index contributed by atoms with van der Waals surface area (Å²) in [5, 5.41) is 14.5. The van der Waals surface area contributed by atoms with E-state index < -0.39 is 0 Å². The first-order valence-electron chi connectivity index (χ1n) is 5.52. The molecule has 2 amide bonds. The minimum absolute atomic E-state index is 0.0176. The fraction of sp³-hybridized carbons (Fsp3) is 0.455. The molecule has 0 bridgehead atoms. The molecule has 5 nitrogen and oxygen atoms in total. The van der Waals surface area contributed by atoms with Crippen LogP contribution in [-0.2, 0) is 0 Å². The van der Waals surface area contributed by atoms with Gasteiger partial charge in [0.2, 0.25) is 0 Å². The molecule has 0 spiro atoms. The van der Waals surface area contributed by atoms with E-state index in [0.29, 0.717) is 28.0 Å². The zero-order valence-corrected chi connectivity index (χ0v) is 12.3. The van der Waals surface area contributed by atoms with Gasteiger partial charge in [0.05, 0.1) is 21.4 Å². The summed E-state index contributed by atoms with van der Waals surface area (Å²) in [5.74, 6) is 0. The molecule has 1 aromatic rings. The van der Waals surface area contributed by atoms with E-state index in [0.717, 1.165) is 0 Å². The van der Waals surface area contributed by atoms with Gasteiger partial charge in [0.25, 0.3) is 0 Å². The smallest absolute Gasteiger partial charge is 0.319 e. The molecule has 0 fully saturated rings. The topological polar surface area (TPSA) is 74.2 Å². The van der Waals surface area contributed by atoms with Crippen molar-refractivity contribution in [1.29, 1.82) is 0 Å². The number of aromatic nitrogens is 1. The van der Waals surface area contributed by atoms with Crippen molar-refractivity contribution < 1.29 is 9.90 Å². The molecule has 1 heterocycles. The summed E-state index contributed by atoms with van der Waals surface area (Å²) in [6.07, 6.45) is 4.40. The Morgan fingerprint density at radius 1 is 1.61 bits per heavy atom. The first-order valence-corrected chi connectivity index (χ1v) is 6.69. The van der Waals surface area contributed by atoms with E-state index in [2.05, 4.69) is 31.5 Å². The number of carbonyl (C=O) groups is 1. The number of nitrogens with zero attached hydrogens (tertiary/aromatic N) is 1. The van der Waals surface area contributed by atoms with Crippen LogP contribution in [-0.4, -0.2) is 28.8 Å². The van der Waals surface area contributed by atoms with Crippen LogP contribution < -0.4 is 10.6 Å². The number of halogens is 2. The van der Waals surface area contributed by atoms with Crippen LogP contribution in [0.1, 0.15) is 19.8 Å². The Labute approximate surface area is 119 Å². The SMILES string of the molecule is CC(CCCO)NC(=O)Nc1cncc(Br)c1Cl. The normalized spacial score (nSPS) is 12.0. The van der Waals surface area contributed by atoms with Gasteiger partial charge in [-0.25, -0.2) is 4.79 Å². The van der Waals surface area contributed by atoms with E-state index in [1.54, 1.807) is 6.20 Å². The molecular weight excluding hydrogens is 321 g/mol. The summed E-state index contributed by atoms with van der Waals surface area (Å²) >= 11 is 9.22. The maximum Gasteiger partial charge on any atom is 0.319 e. The second-order valence-corrected chi connectivity index (χ2v) is 5.08. The standard InChI is InChI=1S/C11H15BrClN3O2/c1-7(3-2-4-17)15-11(18)16-9-6-14-5-8(12)10(9)13/h5-7,17H,2-4H2,1H3,(H2,15,16,18). The second kappa shape index (κ2) is 7.56.